The summed E-state index contributed by atoms with van der Waals surface area (Å²) < 4.78 is 13.8. The summed E-state index contributed by atoms with van der Waals surface area (Å²) in [6.07, 6.45) is 5.27. The number of nitrogens with one attached hydrogen (secondary N) is 2. The van der Waals surface area contributed by atoms with Crippen LogP contribution in [0.1, 0.15) is 29.6 Å². The molecule has 0 bridgehead atoms. The van der Waals surface area contributed by atoms with Crippen LogP contribution in [0.3, 0.4) is 0 Å². The van der Waals surface area contributed by atoms with Crippen molar-refractivity contribution in [3.8, 4) is 0 Å². The summed E-state index contributed by atoms with van der Waals surface area (Å²) in [6, 6.07) is 17.5. The third-order valence-corrected chi connectivity index (χ3v) is 5.01. The Morgan fingerprint density at radius 3 is 2.48 bits per heavy atom. The number of hydrogen-bond acceptors (Lipinski definition) is 4. The number of carbonyl (C=O) groups is 1. The van der Waals surface area contributed by atoms with E-state index in [1.165, 1.54) is 37.2 Å². The average molecular weight is 390 g/mol. The number of pyridine rings is 1. The first-order valence-electron chi connectivity index (χ1n) is 9.83. The highest BCUT2D eigenvalue weighted by molar-refractivity contribution is 6.04. The normalized spacial score (nSPS) is 13.8. The summed E-state index contributed by atoms with van der Waals surface area (Å²) in [5.74, 6) is -0.212. The van der Waals surface area contributed by atoms with Gasteiger partial charge in [0.15, 0.2) is 0 Å². The van der Waals surface area contributed by atoms with Gasteiger partial charge in [-0.1, -0.05) is 12.1 Å². The van der Waals surface area contributed by atoms with Crippen LogP contribution < -0.4 is 15.5 Å². The van der Waals surface area contributed by atoms with E-state index in [9.17, 15) is 9.18 Å². The van der Waals surface area contributed by atoms with Crippen molar-refractivity contribution >= 4 is 28.8 Å². The number of para-hydroxylation sites is 1. The highest BCUT2D eigenvalue weighted by atomic mass is 19.1. The quantitative estimate of drug-likeness (QED) is 0.628. The summed E-state index contributed by atoms with van der Waals surface area (Å²) >= 11 is 0. The Bertz CT molecular complexity index is 984. The molecule has 1 fully saturated rings. The van der Waals surface area contributed by atoms with Crippen molar-refractivity contribution < 1.29 is 9.18 Å². The molecule has 0 saturated carbocycles. The van der Waals surface area contributed by atoms with Gasteiger partial charge >= 0.3 is 0 Å². The molecule has 3 aromatic rings. The predicted molar refractivity (Wildman–Crippen MR) is 114 cm³/mol. The molecule has 4 rings (SSSR count). The molecule has 0 spiro atoms. The molecule has 1 aliphatic rings. The molecule has 1 aliphatic heterocycles. The second kappa shape index (κ2) is 8.73. The van der Waals surface area contributed by atoms with Gasteiger partial charge in [0, 0.05) is 36.2 Å². The molecule has 5 nitrogen and oxygen atoms in total. The molecule has 2 aromatic carbocycles. The van der Waals surface area contributed by atoms with E-state index in [4.69, 9.17) is 0 Å². The van der Waals surface area contributed by atoms with Gasteiger partial charge < -0.3 is 15.5 Å². The van der Waals surface area contributed by atoms with E-state index in [0.717, 1.165) is 18.8 Å². The summed E-state index contributed by atoms with van der Waals surface area (Å²) in [4.78, 5) is 19.2. The van der Waals surface area contributed by atoms with Gasteiger partial charge in [0.2, 0.25) is 0 Å². The fraction of sp³-hybridized carbons (Fsp3) is 0.217. The zero-order chi connectivity index (χ0) is 20.1. The van der Waals surface area contributed by atoms with E-state index in [0.29, 0.717) is 17.1 Å². The van der Waals surface area contributed by atoms with Gasteiger partial charge in [0.25, 0.3) is 5.91 Å². The molecule has 2 N–H and O–H groups in total. The summed E-state index contributed by atoms with van der Waals surface area (Å²) in [5, 5.41) is 5.81. The number of anilines is 4. The molecule has 1 amide bonds. The number of rotatable bonds is 5. The lowest BCUT2D eigenvalue weighted by atomic mass is 10.1. The number of amides is 1. The zero-order valence-corrected chi connectivity index (χ0v) is 16.1. The highest BCUT2D eigenvalue weighted by Crippen LogP contribution is 2.23. The van der Waals surface area contributed by atoms with Crippen LogP contribution in [0.25, 0.3) is 0 Å². The Kier molecular flexibility index (Phi) is 5.70. The topological polar surface area (TPSA) is 57.3 Å². The number of carbonyl (C=O) groups excluding carboxylic acids is 1. The monoisotopic (exact) mass is 390 g/mol. The Morgan fingerprint density at radius 1 is 0.966 bits per heavy atom. The molecule has 148 valence electrons. The van der Waals surface area contributed by atoms with Crippen molar-refractivity contribution in [2.45, 2.75) is 19.3 Å². The van der Waals surface area contributed by atoms with Gasteiger partial charge in [-0.3, -0.25) is 4.79 Å². The molecule has 1 saturated heterocycles. The third kappa shape index (κ3) is 4.71. The van der Waals surface area contributed by atoms with Crippen molar-refractivity contribution in [1.29, 1.82) is 0 Å². The van der Waals surface area contributed by atoms with Crippen molar-refractivity contribution in [3.63, 3.8) is 0 Å². The smallest absolute Gasteiger partial charge is 0.255 e. The van der Waals surface area contributed by atoms with Crippen LogP contribution in [0.4, 0.5) is 27.3 Å². The van der Waals surface area contributed by atoms with Crippen molar-refractivity contribution in [3.05, 3.63) is 78.2 Å². The lowest BCUT2D eigenvalue weighted by Gasteiger charge is -2.28. The van der Waals surface area contributed by atoms with Gasteiger partial charge in [0.05, 0.1) is 5.69 Å². The van der Waals surface area contributed by atoms with Crippen LogP contribution in [0.15, 0.2) is 66.9 Å². The Labute approximate surface area is 169 Å². The maximum absolute atomic E-state index is 13.8. The lowest BCUT2D eigenvalue weighted by molar-refractivity contribution is 0.102. The molecule has 1 aromatic heterocycles. The lowest BCUT2D eigenvalue weighted by Crippen LogP contribution is -2.29. The minimum Gasteiger partial charge on any atom is -0.372 e. The number of halogens is 1. The van der Waals surface area contributed by atoms with E-state index >= 15 is 0 Å². The molecule has 0 radical (unpaired) electrons. The van der Waals surface area contributed by atoms with Gasteiger partial charge in [-0.05, 0) is 67.8 Å². The van der Waals surface area contributed by atoms with Gasteiger partial charge in [0.1, 0.15) is 11.6 Å². The van der Waals surface area contributed by atoms with E-state index in [-0.39, 0.29) is 11.7 Å². The van der Waals surface area contributed by atoms with E-state index in [2.05, 4.69) is 20.5 Å². The minimum absolute atomic E-state index is 0.241. The Balaban J connectivity index is 1.42. The van der Waals surface area contributed by atoms with Crippen LogP contribution >= 0.6 is 0 Å². The van der Waals surface area contributed by atoms with Crippen LogP contribution in [0.2, 0.25) is 0 Å². The molecule has 29 heavy (non-hydrogen) atoms. The first-order chi connectivity index (χ1) is 14.2. The van der Waals surface area contributed by atoms with E-state index < -0.39 is 0 Å². The first kappa shape index (κ1) is 18.9. The second-order valence-corrected chi connectivity index (χ2v) is 7.08. The maximum Gasteiger partial charge on any atom is 0.255 e. The Morgan fingerprint density at radius 2 is 1.72 bits per heavy atom. The number of nitrogens with zero attached hydrogens (tertiary/aromatic N) is 2. The van der Waals surface area contributed by atoms with Crippen molar-refractivity contribution in [2.75, 3.05) is 28.6 Å². The van der Waals surface area contributed by atoms with Gasteiger partial charge in [-0.25, -0.2) is 9.37 Å². The maximum atomic E-state index is 13.8. The van der Waals surface area contributed by atoms with Crippen molar-refractivity contribution in [1.82, 2.24) is 4.98 Å². The van der Waals surface area contributed by atoms with Crippen LogP contribution in [0, 0.1) is 5.82 Å². The van der Waals surface area contributed by atoms with Crippen molar-refractivity contribution in [2.24, 2.45) is 0 Å². The standard InChI is InChI=1S/C23H23FN4O/c24-20-6-2-3-7-21(20)27-22-16-17(12-13-25-22)23(29)26-18-8-10-19(11-9-18)28-14-4-1-5-15-28/h2-3,6-13,16H,1,4-5,14-15H2,(H,25,27)(H,26,29). The van der Waals surface area contributed by atoms with Crippen LogP contribution in [-0.4, -0.2) is 24.0 Å². The second-order valence-electron chi connectivity index (χ2n) is 7.08. The first-order valence-corrected chi connectivity index (χ1v) is 9.83. The fourth-order valence-electron chi connectivity index (χ4n) is 3.45. The molecular formula is C23H23FN4O. The van der Waals surface area contributed by atoms with E-state index in [1.807, 2.05) is 24.3 Å². The number of aromatic nitrogens is 1. The van der Waals surface area contributed by atoms with Crippen LogP contribution in [-0.2, 0) is 0 Å². The third-order valence-electron chi connectivity index (χ3n) is 5.01. The number of benzene rings is 2. The largest absolute Gasteiger partial charge is 0.372 e. The van der Waals surface area contributed by atoms with Gasteiger partial charge in [-0.15, -0.1) is 0 Å². The predicted octanol–water partition coefficient (Wildman–Crippen LogP) is 5.21. The zero-order valence-electron chi connectivity index (χ0n) is 16.1. The molecule has 0 atom stereocenters. The summed E-state index contributed by atoms with van der Waals surface area (Å²) in [5.41, 5.74) is 2.67. The molecule has 0 unspecified atom stereocenters. The molecule has 6 heteroatoms. The molecule has 2 heterocycles. The number of piperidine rings is 1. The fourth-order valence-corrected chi connectivity index (χ4v) is 3.45. The number of hydrogen-bond donors (Lipinski definition) is 2. The van der Waals surface area contributed by atoms with Crippen LogP contribution in [0.5, 0.6) is 0 Å². The minimum atomic E-state index is -0.377. The molecule has 0 aliphatic carbocycles. The van der Waals surface area contributed by atoms with Gasteiger partial charge in [-0.2, -0.15) is 0 Å². The molecular weight excluding hydrogens is 367 g/mol. The SMILES string of the molecule is O=C(Nc1ccc(N2CCCCC2)cc1)c1ccnc(Nc2ccccc2F)c1. The summed E-state index contributed by atoms with van der Waals surface area (Å²) in [6.45, 7) is 2.17. The highest BCUT2D eigenvalue weighted by Gasteiger charge is 2.12. The summed E-state index contributed by atoms with van der Waals surface area (Å²) in [7, 11) is 0. The Hall–Kier alpha value is -3.41. The van der Waals surface area contributed by atoms with E-state index in [1.54, 1.807) is 30.3 Å². The average Bonchev–Trinajstić information content (AvgIpc) is 2.77.